The molecule has 3 amide bonds. The van der Waals surface area contributed by atoms with Gasteiger partial charge in [-0.3, -0.25) is 10.1 Å². The Kier molecular flexibility index (Phi) is 5.66. The highest BCUT2D eigenvalue weighted by Gasteiger charge is 2.22. The van der Waals surface area contributed by atoms with Gasteiger partial charge in [0.05, 0.1) is 5.56 Å². The molecule has 0 saturated heterocycles. The Morgan fingerprint density at radius 3 is 2.72 bits per heavy atom. The lowest BCUT2D eigenvalue weighted by atomic mass is 9.96. The molecule has 2 aliphatic rings. The summed E-state index contributed by atoms with van der Waals surface area (Å²) in [6.07, 6.45) is 4.01. The summed E-state index contributed by atoms with van der Waals surface area (Å²) in [6.45, 7) is 0.375. The maximum atomic E-state index is 12.3. The van der Waals surface area contributed by atoms with Crippen molar-refractivity contribution in [2.75, 3.05) is 25.1 Å². The van der Waals surface area contributed by atoms with E-state index in [4.69, 9.17) is 14.2 Å². The molecule has 0 bridgehead atoms. The highest BCUT2D eigenvalue weighted by molar-refractivity contribution is 7.10. The van der Waals surface area contributed by atoms with E-state index in [-0.39, 0.29) is 0 Å². The van der Waals surface area contributed by atoms with Crippen molar-refractivity contribution in [1.29, 1.82) is 0 Å². The van der Waals surface area contributed by atoms with Gasteiger partial charge in [0.25, 0.3) is 5.91 Å². The van der Waals surface area contributed by atoms with Crippen LogP contribution in [0.4, 0.5) is 10.5 Å². The molecule has 152 valence electrons. The molecule has 1 aromatic carbocycles. The van der Waals surface area contributed by atoms with Gasteiger partial charge >= 0.3 is 12.0 Å². The zero-order valence-corrected chi connectivity index (χ0v) is 16.4. The molecule has 2 N–H and O–H groups in total. The van der Waals surface area contributed by atoms with Crippen LogP contribution < -0.4 is 20.1 Å². The predicted octanol–water partition coefficient (Wildman–Crippen LogP) is 2.90. The number of carbonyl (C=O) groups is 3. The van der Waals surface area contributed by atoms with Gasteiger partial charge in [0.2, 0.25) is 0 Å². The molecular formula is C20H20N2O6S. The number of fused-ring (bicyclic) bond motifs is 2. The van der Waals surface area contributed by atoms with E-state index in [1.54, 1.807) is 34.9 Å². The molecule has 1 aliphatic carbocycles. The first-order valence-corrected chi connectivity index (χ1v) is 10.2. The number of anilines is 1. The Hall–Kier alpha value is -3.07. The molecule has 2 aromatic rings. The number of hydrogen-bond donors (Lipinski definition) is 2. The van der Waals surface area contributed by atoms with Gasteiger partial charge in [0.15, 0.2) is 18.1 Å². The average Bonchev–Trinajstić information content (AvgIpc) is 3.16. The maximum Gasteiger partial charge on any atom is 0.339 e. The van der Waals surface area contributed by atoms with Gasteiger partial charge in [-0.2, -0.15) is 0 Å². The van der Waals surface area contributed by atoms with Crippen LogP contribution in [0.2, 0.25) is 0 Å². The van der Waals surface area contributed by atoms with Crippen molar-refractivity contribution in [3.8, 4) is 11.5 Å². The number of carbonyl (C=O) groups excluding carboxylic acids is 3. The highest BCUT2D eigenvalue weighted by Crippen LogP contribution is 2.32. The smallest absolute Gasteiger partial charge is 0.339 e. The first kappa shape index (κ1) is 19.3. The molecule has 1 aromatic heterocycles. The normalized spacial score (nSPS) is 14.5. The second kappa shape index (κ2) is 8.52. The average molecular weight is 416 g/mol. The van der Waals surface area contributed by atoms with E-state index >= 15 is 0 Å². The van der Waals surface area contributed by atoms with Crippen LogP contribution in [0.5, 0.6) is 11.5 Å². The van der Waals surface area contributed by atoms with Gasteiger partial charge in [0.1, 0.15) is 13.2 Å². The first-order chi connectivity index (χ1) is 14.1. The Morgan fingerprint density at radius 1 is 1.07 bits per heavy atom. The van der Waals surface area contributed by atoms with Gasteiger partial charge in [-0.1, -0.05) is 0 Å². The monoisotopic (exact) mass is 416 g/mol. The first-order valence-electron chi connectivity index (χ1n) is 9.37. The van der Waals surface area contributed by atoms with Crippen molar-refractivity contribution >= 4 is 34.9 Å². The van der Waals surface area contributed by atoms with E-state index < -0.39 is 24.5 Å². The van der Waals surface area contributed by atoms with Crippen molar-refractivity contribution in [3.05, 3.63) is 39.6 Å². The quantitative estimate of drug-likeness (QED) is 0.743. The van der Waals surface area contributed by atoms with E-state index in [1.807, 2.05) is 0 Å². The molecule has 1 aliphatic heterocycles. The Morgan fingerprint density at radius 2 is 1.86 bits per heavy atom. The molecule has 9 heteroatoms. The third-order valence-corrected chi connectivity index (χ3v) is 5.76. The molecule has 0 unspecified atom stereocenters. The second-order valence-corrected chi connectivity index (χ2v) is 7.66. The van der Waals surface area contributed by atoms with E-state index in [2.05, 4.69) is 10.6 Å². The number of esters is 1. The van der Waals surface area contributed by atoms with E-state index in [9.17, 15) is 14.4 Å². The van der Waals surface area contributed by atoms with Gasteiger partial charge in [-0.15, -0.1) is 11.3 Å². The van der Waals surface area contributed by atoms with Crippen LogP contribution in [0.15, 0.2) is 23.6 Å². The molecule has 29 heavy (non-hydrogen) atoms. The van der Waals surface area contributed by atoms with Crippen molar-refractivity contribution in [2.45, 2.75) is 25.7 Å². The lowest BCUT2D eigenvalue weighted by Gasteiger charge is -2.19. The number of aryl methyl sites for hydroxylation is 1. The molecule has 0 spiro atoms. The highest BCUT2D eigenvalue weighted by atomic mass is 32.1. The number of imide groups is 1. The molecule has 0 fully saturated rings. The fraction of sp³-hybridized carbons (Fsp3) is 0.350. The summed E-state index contributed by atoms with van der Waals surface area (Å²) in [5, 5.41) is 6.45. The zero-order chi connectivity index (χ0) is 20.2. The van der Waals surface area contributed by atoms with E-state index in [0.717, 1.165) is 31.2 Å². The third-order valence-electron chi connectivity index (χ3n) is 4.67. The van der Waals surface area contributed by atoms with Gasteiger partial charge in [-0.25, -0.2) is 9.59 Å². The zero-order valence-electron chi connectivity index (χ0n) is 15.6. The van der Waals surface area contributed by atoms with E-state index in [0.29, 0.717) is 36.0 Å². The second-order valence-electron chi connectivity index (χ2n) is 6.70. The predicted molar refractivity (Wildman–Crippen MR) is 106 cm³/mol. The third kappa shape index (κ3) is 4.51. The lowest BCUT2D eigenvalue weighted by molar-refractivity contribution is -0.123. The van der Waals surface area contributed by atoms with Crippen LogP contribution in [-0.4, -0.2) is 37.7 Å². The summed E-state index contributed by atoms with van der Waals surface area (Å²) in [5.41, 5.74) is 2.00. The van der Waals surface area contributed by atoms with Crippen molar-refractivity contribution < 1.29 is 28.6 Å². The number of urea groups is 1. The largest absolute Gasteiger partial charge is 0.486 e. The number of rotatable bonds is 4. The number of thiophene rings is 1. The molecule has 4 rings (SSSR count). The Labute approximate surface area is 171 Å². The van der Waals surface area contributed by atoms with Crippen LogP contribution >= 0.6 is 11.3 Å². The summed E-state index contributed by atoms with van der Waals surface area (Å²) < 4.78 is 15.9. The van der Waals surface area contributed by atoms with Crippen LogP contribution in [0.1, 0.15) is 33.6 Å². The number of hydrogen-bond acceptors (Lipinski definition) is 7. The SMILES string of the molecule is O=C(COC(=O)c1csc2c1CCCC2)NC(=O)Nc1ccc2c(c1)OCCO2. The molecule has 0 saturated carbocycles. The molecule has 2 heterocycles. The number of ether oxygens (including phenoxy) is 3. The number of benzene rings is 1. The lowest BCUT2D eigenvalue weighted by Crippen LogP contribution is -2.37. The molecule has 0 radical (unpaired) electrons. The van der Waals surface area contributed by atoms with E-state index in [1.165, 1.54) is 4.88 Å². The Balaban J connectivity index is 1.27. The summed E-state index contributed by atoms with van der Waals surface area (Å²) in [6, 6.07) is 4.20. The summed E-state index contributed by atoms with van der Waals surface area (Å²) in [5.74, 6) is -0.126. The molecule has 0 atom stereocenters. The summed E-state index contributed by atoms with van der Waals surface area (Å²) in [4.78, 5) is 37.4. The topological polar surface area (TPSA) is 103 Å². The van der Waals surface area contributed by atoms with Crippen LogP contribution in [0.3, 0.4) is 0 Å². The van der Waals surface area contributed by atoms with Gasteiger partial charge in [-0.05, 0) is 43.4 Å². The Bertz CT molecular complexity index is 954. The van der Waals surface area contributed by atoms with Crippen LogP contribution in [-0.2, 0) is 22.4 Å². The summed E-state index contributed by atoms with van der Waals surface area (Å²) >= 11 is 1.55. The molecule has 8 nitrogen and oxygen atoms in total. The standard InChI is InChI=1S/C20H20N2O6S/c23-18(10-28-19(24)14-11-29-17-4-2-1-3-13(14)17)22-20(25)21-12-5-6-15-16(9-12)27-8-7-26-15/h5-6,9,11H,1-4,7-8,10H2,(H2,21,22,23,25). The fourth-order valence-corrected chi connectivity index (χ4v) is 4.44. The van der Waals surface area contributed by atoms with Crippen molar-refractivity contribution in [1.82, 2.24) is 5.32 Å². The molecular weight excluding hydrogens is 396 g/mol. The fourth-order valence-electron chi connectivity index (χ4n) is 3.32. The van der Waals surface area contributed by atoms with Crippen molar-refractivity contribution in [2.24, 2.45) is 0 Å². The summed E-state index contributed by atoms with van der Waals surface area (Å²) in [7, 11) is 0. The van der Waals surface area contributed by atoms with Crippen LogP contribution in [0.25, 0.3) is 0 Å². The minimum atomic E-state index is -0.726. The minimum Gasteiger partial charge on any atom is -0.486 e. The minimum absolute atomic E-state index is 0.430. The maximum absolute atomic E-state index is 12.3. The van der Waals surface area contributed by atoms with Crippen molar-refractivity contribution in [3.63, 3.8) is 0 Å². The van der Waals surface area contributed by atoms with Gasteiger partial charge < -0.3 is 19.5 Å². The number of amides is 3. The van der Waals surface area contributed by atoms with Crippen LogP contribution in [0, 0.1) is 0 Å². The van der Waals surface area contributed by atoms with Gasteiger partial charge in [0, 0.05) is 22.0 Å². The number of nitrogens with one attached hydrogen (secondary N) is 2.